The number of pyridine rings is 1. The van der Waals surface area contributed by atoms with E-state index in [2.05, 4.69) is 10.3 Å². The molecule has 0 atom stereocenters. The number of amides is 1. The number of nitrogens with one attached hydrogen (secondary N) is 1. The molecule has 0 aliphatic rings. The molecule has 2 heterocycles. The number of nitrogens with zero attached hydrogens (tertiary/aromatic N) is 2. The zero-order valence-electron chi connectivity index (χ0n) is 12.1. The van der Waals surface area contributed by atoms with Gasteiger partial charge in [0.1, 0.15) is 0 Å². The van der Waals surface area contributed by atoms with Gasteiger partial charge in [0, 0.05) is 32.0 Å². The first-order valence-corrected chi connectivity index (χ1v) is 9.35. The summed E-state index contributed by atoms with van der Waals surface area (Å²) in [4.78, 5) is 16.3. The van der Waals surface area contributed by atoms with Crippen LogP contribution in [0.15, 0.2) is 42.0 Å². The van der Waals surface area contributed by atoms with E-state index >= 15 is 0 Å². The van der Waals surface area contributed by atoms with Crippen LogP contribution in [0, 0.1) is 0 Å². The highest BCUT2D eigenvalue weighted by atomic mass is 32.2. The first-order valence-electron chi connectivity index (χ1n) is 6.62. The third-order valence-corrected chi connectivity index (χ3v) is 5.09. The van der Waals surface area contributed by atoms with Crippen LogP contribution in [0.2, 0.25) is 0 Å². The minimum Gasteiger partial charge on any atom is -0.350 e. The summed E-state index contributed by atoms with van der Waals surface area (Å²) in [5.41, 5.74) is 0.852. The Morgan fingerprint density at radius 3 is 2.64 bits per heavy atom. The van der Waals surface area contributed by atoms with Gasteiger partial charge in [0.2, 0.25) is 10.0 Å². The molecule has 1 N–H and O–H groups in total. The van der Waals surface area contributed by atoms with E-state index in [0.717, 1.165) is 11.8 Å². The van der Waals surface area contributed by atoms with Gasteiger partial charge in [-0.3, -0.25) is 9.78 Å². The molecule has 2 rings (SSSR count). The second kappa shape index (κ2) is 7.48. The van der Waals surface area contributed by atoms with Crippen molar-refractivity contribution in [2.24, 2.45) is 0 Å². The molecule has 22 heavy (non-hydrogen) atoms. The highest BCUT2D eigenvalue weighted by Crippen LogP contribution is 2.09. The van der Waals surface area contributed by atoms with Crippen molar-refractivity contribution in [3.8, 4) is 0 Å². The molecule has 0 unspecified atom stereocenters. The smallest absolute Gasteiger partial charge is 0.261 e. The van der Waals surface area contributed by atoms with Crippen LogP contribution in [0.3, 0.4) is 0 Å². The van der Waals surface area contributed by atoms with Gasteiger partial charge in [-0.25, -0.2) is 8.42 Å². The zero-order chi connectivity index (χ0) is 16.0. The molecule has 0 fully saturated rings. The summed E-state index contributed by atoms with van der Waals surface area (Å²) in [5, 5.41) is 4.55. The summed E-state index contributed by atoms with van der Waals surface area (Å²) in [6.45, 7) is 0.739. The minimum atomic E-state index is -3.35. The van der Waals surface area contributed by atoms with Gasteiger partial charge in [-0.05, 0) is 29.1 Å². The second-order valence-electron chi connectivity index (χ2n) is 4.69. The van der Waals surface area contributed by atoms with Gasteiger partial charge in [-0.2, -0.15) is 4.31 Å². The van der Waals surface area contributed by atoms with Crippen LogP contribution in [0.1, 0.15) is 15.2 Å². The van der Waals surface area contributed by atoms with Crippen molar-refractivity contribution in [1.82, 2.24) is 14.6 Å². The lowest BCUT2D eigenvalue weighted by Gasteiger charge is -2.20. The van der Waals surface area contributed by atoms with Crippen molar-refractivity contribution < 1.29 is 13.2 Å². The average Bonchev–Trinajstić information content (AvgIpc) is 3.00. The fourth-order valence-electron chi connectivity index (χ4n) is 1.84. The fraction of sp³-hybridized carbons (Fsp3) is 0.286. The minimum absolute atomic E-state index is 0.188. The average molecular weight is 339 g/mol. The van der Waals surface area contributed by atoms with Crippen molar-refractivity contribution in [3.63, 3.8) is 0 Å². The van der Waals surface area contributed by atoms with Crippen LogP contribution in [-0.2, 0) is 16.6 Å². The Balaban J connectivity index is 1.92. The molecule has 0 aliphatic heterocycles. The second-order valence-corrected chi connectivity index (χ2v) is 7.62. The lowest BCUT2D eigenvalue weighted by atomic mass is 10.3. The molecular formula is C14H17N3O3S2. The Bertz CT molecular complexity index is 700. The van der Waals surface area contributed by atoms with Crippen molar-refractivity contribution in [2.75, 3.05) is 19.3 Å². The van der Waals surface area contributed by atoms with E-state index in [0.29, 0.717) is 4.88 Å². The molecule has 0 saturated carbocycles. The highest BCUT2D eigenvalue weighted by Gasteiger charge is 2.17. The summed E-state index contributed by atoms with van der Waals surface area (Å²) in [6.07, 6.45) is 4.40. The molecule has 118 valence electrons. The number of thiophene rings is 1. The number of carbonyl (C=O) groups excluding carboxylic acids is 1. The van der Waals surface area contributed by atoms with Gasteiger partial charge in [0.25, 0.3) is 5.91 Å². The Labute approximate surface area is 133 Å². The van der Waals surface area contributed by atoms with Crippen LogP contribution in [-0.4, -0.2) is 43.0 Å². The van der Waals surface area contributed by atoms with Gasteiger partial charge in [0.15, 0.2) is 0 Å². The van der Waals surface area contributed by atoms with E-state index in [1.54, 1.807) is 36.7 Å². The first kappa shape index (κ1) is 16.6. The molecule has 0 aliphatic carbocycles. The fourth-order valence-corrected chi connectivity index (χ4v) is 3.29. The number of hydrogen-bond acceptors (Lipinski definition) is 5. The predicted molar refractivity (Wildman–Crippen MR) is 86.1 cm³/mol. The van der Waals surface area contributed by atoms with Crippen molar-refractivity contribution in [3.05, 3.63) is 52.5 Å². The molecule has 0 saturated heterocycles. The maximum Gasteiger partial charge on any atom is 0.261 e. The monoisotopic (exact) mass is 339 g/mol. The van der Waals surface area contributed by atoms with Gasteiger partial charge in [-0.1, -0.05) is 6.07 Å². The van der Waals surface area contributed by atoms with E-state index in [4.69, 9.17) is 0 Å². The molecule has 0 aromatic carbocycles. The zero-order valence-corrected chi connectivity index (χ0v) is 13.7. The molecule has 2 aromatic rings. The van der Waals surface area contributed by atoms with Gasteiger partial charge in [-0.15, -0.1) is 11.3 Å². The highest BCUT2D eigenvalue weighted by molar-refractivity contribution is 7.88. The molecule has 2 aromatic heterocycles. The summed E-state index contributed by atoms with van der Waals surface area (Å²) in [6, 6.07) is 7.06. The number of sulfonamides is 1. The standard InChI is InChI=1S/C14H17N3O3S2/c1-22(19,20)17(11-12-4-6-15-7-5-12)9-8-16-14(18)13-3-2-10-21-13/h2-7,10H,8-9,11H2,1H3,(H,16,18). The third-order valence-electron chi connectivity index (χ3n) is 2.97. The topological polar surface area (TPSA) is 79.4 Å². The molecule has 0 spiro atoms. The number of rotatable bonds is 7. The summed E-state index contributed by atoms with van der Waals surface area (Å²) in [7, 11) is -3.35. The maximum absolute atomic E-state index is 11.8. The Morgan fingerprint density at radius 2 is 2.05 bits per heavy atom. The largest absolute Gasteiger partial charge is 0.350 e. The molecule has 1 amide bonds. The van der Waals surface area contributed by atoms with Crippen molar-refractivity contribution in [1.29, 1.82) is 0 Å². The Hall–Kier alpha value is -1.77. The number of aromatic nitrogens is 1. The Kier molecular flexibility index (Phi) is 5.64. The maximum atomic E-state index is 11.8. The molecule has 0 bridgehead atoms. The van der Waals surface area contributed by atoms with Crippen LogP contribution in [0.4, 0.5) is 0 Å². The number of hydrogen-bond donors (Lipinski definition) is 1. The van der Waals surface area contributed by atoms with Crippen LogP contribution >= 0.6 is 11.3 Å². The summed E-state index contributed by atoms with van der Waals surface area (Å²) >= 11 is 1.35. The molecular weight excluding hydrogens is 322 g/mol. The van der Waals surface area contributed by atoms with Crippen LogP contribution in [0.25, 0.3) is 0 Å². The SMILES string of the molecule is CS(=O)(=O)N(CCNC(=O)c1cccs1)Cc1ccncc1. The summed E-state index contributed by atoms with van der Waals surface area (Å²) < 4.78 is 25.0. The first-order chi connectivity index (χ1) is 10.5. The van der Waals surface area contributed by atoms with Crippen LogP contribution in [0.5, 0.6) is 0 Å². The predicted octanol–water partition coefficient (Wildman–Crippen LogP) is 1.33. The van der Waals surface area contributed by atoms with E-state index < -0.39 is 10.0 Å². The van der Waals surface area contributed by atoms with Gasteiger partial charge >= 0.3 is 0 Å². The lowest BCUT2D eigenvalue weighted by Crippen LogP contribution is -2.37. The third kappa shape index (κ3) is 4.90. The summed E-state index contributed by atoms with van der Waals surface area (Å²) in [5.74, 6) is -0.188. The van der Waals surface area contributed by atoms with E-state index in [9.17, 15) is 13.2 Å². The van der Waals surface area contributed by atoms with Gasteiger partial charge < -0.3 is 5.32 Å². The quantitative estimate of drug-likeness (QED) is 0.825. The molecule has 0 radical (unpaired) electrons. The van der Waals surface area contributed by atoms with E-state index in [1.165, 1.54) is 15.6 Å². The molecule has 6 nitrogen and oxygen atoms in total. The molecule has 8 heteroatoms. The van der Waals surface area contributed by atoms with Crippen molar-refractivity contribution >= 4 is 27.3 Å². The number of carbonyl (C=O) groups is 1. The normalized spacial score (nSPS) is 11.5. The van der Waals surface area contributed by atoms with Crippen molar-refractivity contribution in [2.45, 2.75) is 6.54 Å². The Morgan fingerprint density at radius 1 is 1.32 bits per heavy atom. The van der Waals surface area contributed by atoms with Crippen LogP contribution < -0.4 is 5.32 Å². The van der Waals surface area contributed by atoms with E-state index in [1.807, 2.05) is 5.38 Å². The lowest BCUT2D eigenvalue weighted by molar-refractivity contribution is 0.0955. The van der Waals surface area contributed by atoms with E-state index in [-0.39, 0.29) is 25.5 Å². The van der Waals surface area contributed by atoms with Gasteiger partial charge in [0.05, 0.1) is 11.1 Å².